The van der Waals surface area contributed by atoms with E-state index in [0.29, 0.717) is 19.4 Å². The fourth-order valence-corrected chi connectivity index (χ4v) is 3.69. The number of likely N-dealkylation sites (tertiary alicyclic amines) is 1. The lowest BCUT2D eigenvalue weighted by atomic mass is 10.0. The average molecular weight is 424 g/mol. The van der Waals surface area contributed by atoms with Crippen LogP contribution in [0.5, 0.6) is 0 Å². The van der Waals surface area contributed by atoms with Gasteiger partial charge in [-0.15, -0.1) is 0 Å². The molecular weight excluding hydrogens is 396 g/mol. The highest BCUT2D eigenvalue weighted by atomic mass is 16.6. The van der Waals surface area contributed by atoms with Gasteiger partial charge >= 0.3 is 12.1 Å². The van der Waals surface area contributed by atoms with Gasteiger partial charge in [-0.2, -0.15) is 0 Å². The molecule has 1 saturated heterocycles. The number of ether oxygens (including phenoxy) is 1. The van der Waals surface area contributed by atoms with Crippen LogP contribution in [0, 0.1) is 13.8 Å². The Morgan fingerprint density at radius 3 is 2.52 bits per heavy atom. The summed E-state index contributed by atoms with van der Waals surface area (Å²) < 4.78 is 5.36. The predicted octanol–water partition coefficient (Wildman–Crippen LogP) is 3.22. The molecule has 2 aromatic carbocycles. The van der Waals surface area contributed by atoms with Crippen molar-refractivity contribution in [1.82, 2.24) is 10.2 Å². The lowest BCUT2D eigenvalue weighted by molar-refractivity contribution is -0.142. The molecule has 1 fully saturated rings. The normalized spacial score (nSPS) is 16.6. The van der Waals surface area contributed by atoms with Gasteiger partial charge in [-0.25, -0.2) is 9.59 Å². The topological polar surface area (TPSA) is 95.9 Å². The molecule has 2 amide bonds. The van der Waals surface area contributed by atoms with Crippen molar-refractivity contribution in [2.45, 2.75) is 51.8 Å². The molecule has 164 valence electrons. The second-order valence-electron chi connectivity index (χ2n) is 7.91. The first-order valence-corrected chi connectivity index (χ1v) is 10.4. The maximum Gasteiger partial charge on any atom is 0.410 e. The third-order valence-corrected chi connectivity index (χ3v) is 5.62. The molecule has 0 spiro atoms. The molecule has 0 saturated carbocycles. The number of rotatable bonds is 7. The second kappa shape index (κ2) is 10.1. The van der Waals surface area contributed by atoms with Crippen LogP contribution in [0.4, 0.5) is 4.79 Å². The first-order valence-electron chi connectivity index (χ1n) is 10.4. The summed E-state index contributed by atoms with van der Waals surface area (Å²) in [6.45, 7) is 4.47. The molecule has 7 heteroatoms. The molecule has 2 atom stereocenters. The van der Waals surface area contributed by atoms with Gasteiger partial charge in [-0.05, 0) is 48.9 Å². The number of amides is 2. The van der Waals surface area contributed by atoms with E-state index in [1.807, 2.05) is 62.4 Å². The standard InChI is InChI=1S/C24H28N2O5/c1-16-10-11-19(13-17(16)2)14-20(23(28)29)25-22(27)21-9-6-12-26(21)24(30)31-15-18-7-4-3-5-8-18/h3-5,7-8,10-11,13,20-21H,6,9,12,14-15H2,1-2H3,(H,25,27)(H,28,29)/t20-,21+/m0/s1. The van der Waals surface area contributed by atoms with Crippen molar-refractivity contribution >= 4 is 18.0 Å². The molecule has 0 unspecified atom stereocenters. The average Bonchev–Trinajstić information content (AvgIpc) is 3.25. The highest BCUT2D eigenvalue weighted by Crippen LogP contribution is 2.20. The summed E-state index contributed by atoms with van der Waals surface area (Å²) in [7, 11) is 0. The van der Waals surface area contributed by atoms with Crippen molar-refractivity contribution in [3.8, 4) is 0 Å². The summed E-state index contributed by atoms with van der Waals surface area (Å²) in [5, 5.41) is 12.2. The number of carboxylic acid groups (broad SMARTS) is 1. The van der Waals surface area contributed by atoms with E-state index in [2.05, 4.69) is 5.32 Å². The smallest absolute Gasteiger partial charge is 0.410 e. The maximum atomic E-state index is 12.8. The van der Waals surface area contributed by atoms with Gasteiger partial charge in [-0.3, -0.25) is 9.69 Å². The Morgan fingerprint density at radius 1 is 1.10 bits per heavy atom. The monoisotopic (exact) mass is 424 g/mol. The molecule has 0 radical (unpaired) electrons. The molecule has 0 aromatic heterocycles. The number of nitrogens with one attached hydrogen (secondary N) is 1. The van der Waals surface area contributed by atoms with Crippen molar-refractivity contribution in [1.29, 1.82) is 0 Å². The van der Waals surface area contributed by atoms with Crippen molar-refractivity contribution in [3.63, 3.8) is 0 Å². The molecule has 1 aliphatic rings. The molecule has 0 aliphatic carbocycles. The summed E-state index contributed by atoms with van der Waals surface area (Å²) in [5.74, 6) is -1.58. The molecule has 1 aliphatic heterocycles. The molecule has 3 rings (SSSR count). The third kappa shape index (κ3) is 5.84. The van der Waals surface area contributed by atoms with E-state index in [4.69, 9.17) is 4.74 Å². The van der Waals surface area contributed by atoms with Crippen LogP contribution in [0.25, 0.3) is 0 Å². The summed E-state index contributed by atoms with van der Waals surface area (Å²) in [6.07, 6.45) is 0.741. The van der Waals surface area contributed by atoms with Gasteiger partial charge in [0, 0.05) is 13.0 Å². The van der Waals surface area contributed by atoms with Gasteiger partial charge in [0.25, 0.3) is 0 Å². The molecule has 31 heavy (non-hydrogen) atoms. The van der Waals surface area contributed by atoms with Gasteiger partial charge < -0.3 is 15.2 Å². The number of benzene rings is 2. The Labute approximate surface area is 182 Å². The van der Waals surface area contributed by atoms with Crippen molar-refractivity contribution in [2.75, 3.05) is 6.54 Å². The van der Waals surface area contributed by atoms with E-state index in [1.165, 1.54) is 4.90 Å². The number of nitrogens with zero attached hydrogens (tertiary/aromatic N) is 1. The molecule has 7 nitrogen and oxygen atoms in total. The quantitative estimate of drug-likeness (QED) is 0.712. The van der Waals surface area contributed by atoms with Crippen LogP contribution in [-0.4, -0.2) is 46.6 Å². The van der Waals surface area contributed by atoms with Gasteiger partial charge in [0.05, 0.1) is 0 Å². The van der Waals surface area contributed by atoms with Gasteiger partial charge in [0.15, 0.2) is 0 Å². The zero-order valence-corrected chi connectivity index (χ0v) is 17.8. The third-order valence-electron chi connectivity index (χ3n) is 5.62. The Kier molecular flexibility index (Phi) is 7.28. The molecule has 1 heterocycles. The van der Waals surface area contributed by atoms with E-state index in [9.17, 15) is 19.5 Å². The summed E-state index contributed by atoms with van der Waals surface area (Å²) in [5.41, 5.74) is 3.88. The molecular formula is C24H28N2O5. The number of hydrogen-bond acceptors (Lipinski definition) is 4. The Hall–Kier alpha value is -3.35. The lowest BCUT2D eigenvalue weighted by Gasteiger charge is -2.25. The van der Waals surface area contributed by atoms with E-state index >= 15 is 0 Å². The highest BCUT2D eigenvalue weighted by Gasteiger charge is 2.36. The Balaban J connectivity index is 1.61. The minimum atomic E-state index is -1.11. The van der Waals surface area contributed by atoms with Crippen molar-refractivity contribution in [2.24, 2.45) is 0 Å². The van der Waals surface area contributed by atoms with Crippen LogP contribution < -0.4 is 5.32 Å². The molecule has 2 N–H and O–H groups in total. The number of aliphatic carboxylic acids is 1. The Morgan fingerprint density at radius 2 is 1.84 bits per heavy atom. The summed E-state index contributed by atoms with van der Waals surface area (Å²) in [6, 6.07) is 13.2. The number of carbonyl (C=O) groups excluding carboxylic acids is 2. The van der Waals surface area contributed by atoms with Crippen LogP contribution in [0.15, 0.2) is 48.5 Å². The predicted molar refractivity (Wildman–Crippen MR) is 116 cm³/mol. The van der Waals surface area contributed by atoms with Crippen LogP contribution in [-0.2, 0) is 27.4 Å². The van der Waals surface area contributed by atoms with E-state index in [1.54, 1.807) is 0 Å². The first-order chi connectivity index (χ1) is 14.8. The van der Waals surface area contributed by atoms with Crippen LogP contribution >= 0.6 is 0 Å². The minimum absolute atomic E-state index is 0.120. The number of aryl methyl sites for hydroxylation is 2. The molecule has 2 aromatic rings. The lowest BCUT2D eigenvalue weighted by Crippen LogP contribution is -2.51. The zero-order valence-electron chi connectivity index (χ0n) is 17.8. The van der Waals surface area contributed by atoms with Gasteiger partial charge in [0.1, 0.15) is 18.7 Å². The van der Waals surface area contributed by atoms with Crippen LogP contribution in [0.3, 0.4) is 0 Å². The number of carbonyl (C=O) groups is 3. The Bertz CT molecular complexity index is 944. The summed E-state index contributed by atoms with van der Waals surface area (Å²) >= 11 is 0. The van der Waals surface area contributed by atoms with Crippen molar-refractivity contribution < 1.29 is 24.2 Å². The van der Waals surface area contributed by atoms with Gasteiger partial charge in [-0.1, -0.05) is 48.5 Å². The SMILES string of the molecule is Cc1ccc(C[C@H](NC(=O)[C@H]2CCCN2C(=O)OCc2ccccc2)C(=O)O)cc1C. The van der Waals surface area contributed by atoms with Crippen LogP contribution in [0.1, 0.15) is 35.1 Å². The minimum Gasteiger partial charge on any atom is -0.480 e. The first kappa shape index (κ1) is 22.3. The number of carboxylic acids is 1. The maximum absolute atomic E-state index is 12.8. The summed E-state index contributed by atoms with van der Waals surface area (Å²) in [4.78, 5) is 38.5. The number of hydrogen-bond donors (Lipinski definition) is 2. The van der Waals surface area contributed by atoms with Crippen molar-refractivity contribution in [3.05, 3.63) is 70.8 Å². The van der Waals surface area contributed by atoms with Gasteiger partial charge in [0.2, 0.25) is 5.91 Å². The van der Waals surface area contributed by atoms with E-state index in [-0.39, 0.29) is 13.0 Å². The highest BCUT2D eigenvalue weighted by molar-refractivity contribution is 5.89. The fraction of sp³-hybridized carbons (Fsp3) is 0.375. The zero-order chi connectivity index (χ0) is 22.4. The van der Waals surface area contributed by atoms with E-state index in [0.717, 1.165) is 22.3 Å². The molecule has 0 bridgehead atoms. The van der Waals surface area contributed by atoms with Crippen LogP contribution in [0.2, 0.25) is 0 Å². The largest absolute Gasteiger partial charge is 0.480 e. The second-order valence-corrected chi connectivity index (χ2v) is 7.91. The van der Waals surface area contributed by atoms with E-state index < -0.39 is 30.1 Å². The fourth-order valence-electron chi connectivity index (χ4n) is 3.69.